The van der Waals surface area contributed by atoms with Crippen LogP contribution in [0.2, 0.25) is 0 Å². The predicted molar refractivity (Wildman–Crippen MR) is 78.9 cm³/mol. The molecule has 2 rings (SSSR count). The molecule has 0 aliphatic carbocycles. The number of benzene rings is 1. The lowest BCUT2D eigenvalue weighted by Crippen LogP contribution is -2.36. The van der Waals surface area contributed by atoms with Gasteiger partial charge >= 0.3 is 0 Å². The second-order valence-electron chi connectivity index (χ2n) is 4.26. The summed E-state index contributed by atoms with van der Waals surface area (Å²) in [6.07, 6.45) is 1.19. The Hall–Kier alpha value is -2.25. The number of carbonyl (C=O) groups excluding carboxylic acids is 1. The summed E-state index contributed by atoms with van der Waals surface area (Å²) in [4.78, 5) is 15.7. The van der Waals surface area contributed by atoms with Gasteiger partial charge in [0.25, 0.3) is 21.8 Å². The molecule has 22 heavy (non-hydrogen) atoms. The molecule has 0 aliphatic rings. The molecule has 0 fully saturated rings. The average molecular weight is 384 g/mol. The van der Waals surface area contributed by atoms with Gasteiger partial charge in [-0.05, 0) is 25.1 Å². The summed E-state index contributed by atoms with van der Waals surface area (Å²) >= 11 is 3.17. The number of nitriles is 1. The summed E-state index contributed by atoms with van der Waals surface area (Å²) in [5, 5.41) is 12.4. The molecule has 1 amide bonds. The number of nitrogens with one attached hydrogen (secondary N) is 1. The lowest BCUT2D eigenvalue weighted by Gasteiger charge is -2.12. The second-order valence-corrected chi connectivity index (χ2v) is 6.86. The Morgan fingerprint density at radius 3 is 2.82 bits per heavy atom. The Labute approximate surface area is 135 Å². The number of aromatic nitrogens is 3. The lowest BCUT2D eigenvalue weighted by molar-refractivity contribution is -0.122. The van der Waals surface area contributed by atoms with Gasteiger partial charge in [-0.2, -0.15) is 5.26 Å². The Kier molecular flexibility index (Phi) is 4.58. The van der Waals surface area contributed by atoms with Gasteiger partial charge < -0.3 is 0 Å². The zero-order valence-electron chi connectivity index (χ0n) is 11.3. The molecule has 2 aromatic rings. The quantitative estimate of drug-likeness (QED) is 0.840. The van der Waals surface area contributed by atoms with Gasteiger partial charge in [0.2, 0.25) is 0 Å². The Balaban J connectivity index is 2.19. The van der Waals surface area contributed by atoms with Crippen LogP contribution in [0.25, 0.3) is 0 Å². The molecule has 0 spiro atoms. The van der Waals surface area contributed by atoms with Crippen LogP contribution in [-0.2, 0) is 14.8 Å². The van der Waals surface area contributed by atoms with Crippen LogP contribution in [0, 0.1) is 11.3 Å². The SMILES string of the molecule is CC(C(=O)NS(=O)(=O)c1cccc(Br)c1)n1cnc(C#N)n1. The van der Waals surface area contributed by atoms with Crippen molar-refractivity contribution in [3.8, 4) is 6.07 Å². The second kappa shape index (κ2) is 6.25. The predicted octanol–water partition coefficient (Wildman–Crippen LogP) is 0.978. The number of carbonyl (C=O) groups is 1. The van der Waals surface area contributed by atoms with Gasteiger partial charge in [-0.1, -0.05) is 22.0 Å². The molecule has 1 aromatic heterocycles. The third-order valence-electron chi connectivity index (χ3n) is 2.73. The highest BCUT2D eigenvalue weighted by molar-refractivity contribution is 9.10. The lowest BCUT2D eigenvalue weighted by atomic mass is 10.3. The van der Waals surface area contributed by atoms with Crippen molar-refractivity contribution in [2.45, 2.75) is 17.9 Å². The third kappa shape index (κ3) is 3.49. The average Bonchev–Trinajstić information content (AvgIpc) is 2.95. The van der Waals surface area contributed by atoms with Crippen molar-refractivity contribution in [1.29, 1.82) is 5.26 Å². The fourth-order valence-electron chi connectivity index (χ4n) is 1.54. The summed E-state index contributed by atoms with van der Waals surface area (Å²) in [7, 11) is -3.99. The molecule has 1 N–H and O–H groups in total. The van der Waals surface area contributed by atoms with E-state index in [4.69, 9.17) is 5.26 Å². The summed E-state index contributed by atoms with van der Waals surface area (Å²) in [6.45, 7) is 1.45. The minimum Gasteiger partial charge on any atom is -0.272 e. The van der Waals surface area contributed by atoms with E-state index in [1.165, 1.54) is 25.4 Å². The van der Waals surface area contributed by atoms with E-state index in [9.17, 15) is 13.2 Å². The molecule has 1 atom stereocenters. The fourth-order valence-corrected chi connectivity index (χ4v) is 3.19. The minimum atomic E-state index is -3.99. The van der Waals surface area contributed by atoms with Crippen molar-refractivity contribution < 1.29 is 13.2 Å². The molecule has 8 nitrogen and oxygen atoms in total. The van der Waals surface area contributed by atoms with E-state index >= 15 is 0 Å². The molecule has 0 aliphatic heterocycles. The van der Waals surface area contributed by atoms with Gasteiger partial charge in [0.15, 0.2) is 0 Å². The normalized spacial score (nSPS) is 12.4. The van der Waals surface area contributed by atoms with Crippen molar-refractivity contribution in [3.05, 3.63) is 40.9 Å². The van der Waals surface area contributed by atoms with Crippen LogP contribution >= 0.6 is 15.9 Å². The molecule has 0 bridgehead atoms. The molecule has 10 heteroatoms. The van der Waals surface area contributed by atoms with Gasteiger partial charge in [-0.25, -0.2) is 22.8 Å². The van der Waals surface area contributed by atoms with Gasteiger partial charge in [-0.3, -0.25) is 4.79 Å². The summed E-state index contributed by atoms with van der Waals surface area (Å²) < 4.78 is 27.9. The van der Waals surface area contributed by atoms with Gasteiger partial charge in [0, 0.05) is 4.47 Å². The highest BCUT2D eigenvalue weighted by Crippen LogP contribution is 2.16. The van der Waals surface area contributed by atoms with Crippen LogP contribution in [0.15, 0.2) is 40.0 Å². The van der Waals surface area contributed by atoms with E-state index in [1.807, 2.05) is 4.72 Å². The van der Waals surface area contributed by atoms with E-state index in [0.29, 0.717) is 4.47 Å². The molecule has 0 saturated heterocycles. The first-order valence-electron chi connectivity index (χ1n) is 5.97. The first-order chi connectivity index (χ1) is 10.3. The van der Waals surface area contributed by atoms with Crippen LogP contribution in [0.5, 0.6) is 0 Å². The van der Waals surface area contributed by atoms with Crippen molar-refractivity contribution in [2.75, 3.05) is 0 Å². The van der Waals surface area contributed by atoms with Gasteiger partial charge in [0.05, 0.1) is 4.90 Å². The van der Waals surface area contributed by atoms with Crippen molar-refractivity contribution in [2.24, 2.45) is 0 Å². The number of hydrogen-bond acceptors (Lipinski definition) is 6. The van der Waals surface area contributed by atoms with Crippen LogP contribution in [-0.4, -0.2) is 29.1 Å². The number of halogens is 1. The van der Waals surface area contributed by atoms with Gasteiger partial charge in [0.1, 0.15) is 18.4 Å². The minimum absolute atomic E-state index is 0.0428. The maximum Gasteiger partial charge on any atom is 0.264 e. The van der Waals surface area contributed by atoms with E-state index < -0.39 is 22.0 Å². The zero-order chi connectivity index (χ0) is 16.3. The van der Waals surface area contributed by atoms with Crippen molar-refractivity contribution in [1.82, 2.24) is 19.5 Å². The van der Waals surface area contributed by atoms with Gasteiger partial charge in [-0.15, -0.1) is 5.10 Å². The molecule has 1 aromatic carbocycles. The topological polar surface area (TPSA) is 118 Å². The maximum atomic E-state index is 12.1. The summed E-state index contributed by atoms with van der Waals surface area (Å²) in [5.41, 5.74) is 0. The molecular weight excluding hydrogens is 374 g/mol. The van der Waals surface area contributed by atoms with Crippen LogP contribution in [0.3, 0.4) is 0 Å². The highest BCUT2D eigenvalue weighted by Gasteiger charge is 2.23. The number of hydrogen-bond donors (Lipinski definition) is 1. The molecule has 114 valence electrons. The molecule has 1 heterocycles. The molecule has 1 unspecified atom stereocenters. The maximum absolute atomic E-state index is 12.1. The molecule has 0 radical (unpaired) electrons. The number of amides is 1. The van der Waals surface area contributed by atoms with Crippen LogP contribution < -0.4 is 4.72 Å². The first-order valence-corrected chi connectivity index (χ1v) is 8.24. The van der Waals surface area contributed by atoms with Crippen molar-refractivity contribution in [3.63, 3.8) is 0 Å². The molecule has 0 saturated carbocycles. The summed E-state index contributed by atoms with van der Waals surface area (Å²) in [5.74, 6) is -0.885. The van der Waals surface area contributed by atoms with E-state index in [1.54, 1.807) is 18.2 Å². The standard InChI is InChI=1S/C12H10BrN5O3S/c1-8(18-7-15-11(6-14)16-18)12(19)17-22(20,21)10-4-2-3-9(13)5-10/h2-5,7-8H,1H3,(H,17,19). The molecular formula is C12H10BrN5O3S. The fraction of sp³-hybridized carbons (Fsp3) is 0.167. The van der Waals surface area contributed by atoms with Crippen LogP contribution in [0.4, 0.5) is 0 Å². The van der Waals surface area contributed by atoms with E-state index in [-0.39, 0.29) is 10.7 Å². The monoisotopic (exact) mass is 383 g/mol. The van der Waals surface area contributed by atoms with Crippen molar-refractivity contribution >= 4 is 31.9 Å². The Morgan fingerprint density at radius 2 is 2.23 bits per heavy atom. The Bertz CT molecular complexity index is 856. The van der Waals surface area contributed by atoms with E-state index in [2.05, 4.69) is 26.0 Å². The number of rotatable bonds is 4. The zero-order valence-corrected chi connectivity index (χ0v) is 13.7. The number of sulfonamides is 1. The number of nitrogens with zero attached hydrogens (tertiary/aromatic N) is 4. The first kappa shape index (κ1) is 16.1. The van der Waals surface area contributed by atoms with Crippen LogP contribution in [0.1, 0.15) is 18.8 Å². The smallest absolute Gasteiger partial charge is 0.264 e. The third-order valence-corrected chi connectivity index (χ3v) is 4.56. The largest absolute Gasteiger partial charge is 0.272 e. The summed E-state index contributed by atoms with van der Waals surface area (Å²) in [6, 6.07) is 6.75. The Morgan fingerprint density at radius 1 is 1.50 bits per heavy atom. The highest BCUT2D eigenvalue weighted by atomic mass is 79.9. The van der Waals surface area contributed by atoms with E-state index in [0.717, 1.165) is 4.68 Å².